The molecule has 4 rings (SSSR count). The zero-order chi connectivity index (χ0) is 17.4. The van der Waals surface area contributed by atoms with Crippen molar-refractivity contribution in [2.45, 2.75) is 19.3 Å². The van der Waals surface area contributed by atoms with Gasteiger partial charge in [-0.25, -0.2) is 0 Å². The fourth-order valence-corrected chi connectivity index (χ4v) is 4.11. The summed E-state index contributed by atoms with van der Waals surface area (Å²) in [4.78, 5) is 25.7. The molecule has 1 saturated carbocycles. The van der Waals surface area contributed by atoms with Crippen LogP contribution in [0.1, 0.15) is 24.8 Å². The van der Waals surface area contributed by atoms with Crippen LogP contribution in [0.4, 0.5) is 0 Å². The van der Waals surface area contributed by atoms with E-state index in [4.69, 9.17) is 5.11 Å². The van der Waals surface area contributed by atoms with Crippen LogP contribution in [-0.2, 0) is 9.59 Å². The molecular weight excluding hydrogens is 314 g/mol. The Hall–Kier alpha value is -2.62. The van der Waals surface area contributed by atoms with E-state index in [1.54, 1.807) is 0 Å². The van der Waals surface area contributed by atoms with Crippen molar-refractivity contribution in [3.05, 3.63) is 54.1 Å². The zero-order valence-corrected chi connectivity index (χ0v) is 14.0. The summed E-state index contributed by atoms with van der Waals surface area (Å²) in [6.45, 7) is 1.23. The van der Waals surface area contributed by atoms with Crippen molar-refractivity contribution >= 4 is 28.2 Å². The van der Waals surface area contributed by atoms with Gasteiger partial charge >= 0.3 is 5.97 Å². The maximum absolute atomic E-state index is 12.8. The second kappa shape index (κ2) is 6.36. The highest BCUT2D eigenvalue weighted by molar-refractivity contribution is 5.95. The van der Waals surface area contributed by atoms with Gasteiger partial charge in [0.25, 0.3) is 0 Å². The Balaban J connectivity index is 1.49. The highest BCUT2D eigenvalue weighted by Crippen LogP contribution is 2.34. The largest absolute Gasteiger partial charge is 0.481 e. The normalized spacial score (nSPS) is 23.0. The molecule has 128 valence electrons. The minimum absolute atomic E-state index is 0.107. The van der Waals surface area contributed by atoms with Crippen LogP contribution in [0.25, 0.3) is 16.3 Å². The molecule has 4 nitrogen and oxygen atoms in total. The van der Waals surface area contributed by atoms with Gasteiger partial charge in [0.15, 0.2) is 0 Å². The molecule has 2 atom stereocenters. The van der Waals surface area contributed by atoms with Gasteiger partial charge in [0.2, 0.25) is 5.91 Å². The molecule has 1 heterocycles. The van der Waals surface area contributed by atoms with Crippen LogP contribution in [-0.4, -0.2) is 35.0 Å². The molecule has 2 aromatic rings. The standard InChI is InChI=1S/C21H21NO3/c23-20(15-8-9-16(12-15)21(24)25)22-11-10-17(13-22)19-7-3-5-14-4-1-2-6-18(14)19/h1-7,10,15-16H,8-9,11-13H2,(H,24,25)/t15-,16+/m0/s1. The molecule has 0 unspecified atom stereocenters. The highest BCUT2D eigenvalue weighted by Gasteiger charge is 2.36. The topological polar surface area (TPSA) is 57.6 Å². The van der Waals surface area contributed by atoms with Crippen molar-refractivity contribution in [1.82, 2.24) is 4.90 Å². The lowest BCUT2D eigenvalue weighted by Gasteiger charge is -2.21. The third-order valence-electron chi connectivity index (χ3n) is 5.50. The van der Waals surface area contributed by atoms with Crippen LogP contribution in [0.2, 0.25) is 0 Å². The summed E-state index contributed by atoms with van der Waals surface area (Å²) >= 11 is 0. The zero-order valence-electron chi connectivity index (χ0n) is 14.0. The van der Waals surface area contributed by atoms with Crippen molar-refractivity contribution < 1.29 is 14.7 Å². The molecule has 0 aromatic heterocycles. The Morgan fingerprint density at radius 3 is 2.56 bits per heavy atom. The second-order valence-electron chi connectivity index (χ2n) is 7.02. The average molecular weight is 335 g/mol. The Morgan fingerprint density at radius 1 is 1.00 bits per heavy atom. The molecule has 25 heavy (non-hydrogen) atoms. The van der Waals surface area contributed by atoms with Crippen LogP contribution in [0.3, 0.4) is 0 Å². The van der Waals surface area contributed by atoms with Crippen molar-refractivity contribution in [2.75, 3.05) is 13.1 Å². The molecule has 1 aliphatic heterocycles. The highest BCUT2D eigenvalue weighted by atomic mass is 16.4. The summed E-state index contributed by atoms with van der Waals surface area (Å²) < 4.78 is 0. The number of amides is 1. The first-order valence-corrected chi connectivity index (χ1v) is 8.82. The van der Waals surface area contributed by atoms with E-state index in [1.807, 2.05) is 17.0 Å². The Labute approximate surface area is 146 Å². The molecule has 0 bridgehead atoms. The number of hydrogen-bond donors (Lipinski definition) is 1. The van der Waals surface area contributed by atoms with Crippen molar-refractivity contribution in [2.24, 2.45) is 11.8 Å². The van der Waals surface area contributed by atoms with Crippen molar-refractivity contribution in [1.29, 1.82) is 0 Å². The number of rotatable bonds is 3. The lowest BCUT2D eigenvalue weighted by atomic mass is 9.98. The Morgan fingerprint density at radius 2 is 1.76 bits per heavy atom. The summed E-state index contributed by atoms with van der Waals surface area (Å²) in [5, 5.41) is 11.5. The fourth-order valence-electron chi connectivity index (χ4n) is 4.11. The molecule has 2 aromatic carbocycles. The Kier molecular flexibility index (Phi) is 4.04. The van der Waals surface area contributed by atoms with Gasteiger partial charge in [0.1, 0.15) is 0 Å². The minimum atomic E-state index is -0.772. The first-order chi connectivity index (χ1) is 12.1. The smallest absolute Gasteiger partial charge is 0.306 e. The van der Waals surface area contributed by atoms with Gasteiger partial charge in [-0.2, -0.15) is 0 Å². The maximum atomic E-state index is 12.8. The quantitative estimate of drug-likeness (QED) is 0.933. The van der Waals surface area contributed by atoms with Crippen LogP contribution >= 0.6 is 0 Å². The SMILES string of the molecule is O=C(O)[C@@H]1CC[C@H](C(=O)N2CC=C(c3cccc4ccccc34)C2)C1. The lowest BCUT2D eigenvalue weighted by Crippen LogP contribution is -2.34. The Bertz CT molecular complexity index is 865. The minimum Gasteiger partial charge on any atom is -0.481 e. The van der Waals surface area contributed by atoms with Crippen LogP contribution in [0.15, 0.2) is 48.5 Å². The number of carbonyl (C=O) groups excluding carboxylic acids is 1. The summed E-state index contributed by atoms with van der Waals surface area (Å²) in [6.07, 6.45) is 3.91. The van der Waals surface area contributed by atoms with Gasteiger partial charge < -0.3 is 10.0 Å². The monoisotopic (exact) mass is 335 g/mol. The van der Waals surface area contributed by atoms with Crippen LogP contribution in [0.5, 0.6) is 0 Å². The van der Waals surface area contributed by atoms with E-state index in [0.717, 1.165) is 0 Å². The maximum Gasteiger partial charge on any atom is 0.306 e. The van der Waals surface area contributed by atoms with Gasteiger partial charge in [0.05, 0.1) is 5.92 Å². The fraction of sp³-hybridized carbons (Fsp3) is 0.333. The summed E-state index contributed by atoms with van der Waals surface area (Å²) in [7, 11) is 0. The third-order valence-corrected chi connectivity index (χ3v) is 5.50. The number of nitrogens with zero attached hydrogens (tertiary/aromatic N) is 1. The third kappa shape index (κ3) is 2.93. The molecule has 1 amide bonds. The molecule has 1 N–H and O–H groups in total. The summed E-state index contributed by atoms with van der Waals surface area (Å²) in [5.74, 6) is -1.16. The number of carboxylic acids is 1. The predicted octanol–water partition coefficient (Wildman–Crippen LogP) is 3.57. The van der Waals surface area contributed by atoms with E-state index in [2.05, 4.69) is 36.4 Å². The lowest BCUT2D eigenvalue weighted by molar-refractivity contribution is -0.141. The number of benzene rings is 2. The van der Waals surface area contributed by atoms with E-state index in [1.165, 1.54) is 21.9 Å². The number of hydrogen-bond acceptors (Lipinski definition) is 2. The molecule has 1 aliphatic carbocycles. The number of aliphatic carboxylic acids is 1. The number of carbonyl (C=O) groups is 2. The summed E-state index contributed by atoms with van der Waals surface area (Å²) in [5.41, 5.74) is 2.36. The van der Waals surface area contributed by atoms with Crippen molar-refractivity contribution in [3.63, 3.8) is 0 Å². The number of carboxylic acid groups (broad SMARTS) is 1. The van der Waals surface area contributed by atoms with E-state index in [-0.39, 0.29) is 17.7 Å². The van der Waals surface area contributed by atoms with Gasteiger partial charge in [0, 0.05) is 19.0 Å². The molecule has 4 heteroatoms. The molecule has 0 spiro atoms. The van der Waals surface area contributed by atoms with Gasteiger partial charge in [-0.05, 0) is 41.2 Å². The first kappa shape index (κ1) is 15.9. The first-order valence-electron chi connectivity index (χ1n) is 8.82. The van der Waals surface area contributed by atoms with Crippen LogP contribution in [0, 0.1) is 11.8 Å². The predicted molar refractivity (Wildman–Crippen MR) is 97.0 cm³/mol. The molecule has 1 fully saturated rings. The molecular formula is C21H21NO3. The van der Waals surface area contributed by atoms with Gasteiger partial charge in [-0.1, -0.05) is 48.5 Å². The molecule has 0 saturated heterocycles. The van der Waals surface area contributed by atoms with E-state index < -0.39 is 5.97 Å². The second-order valence-corrected chi connectivity index (χ2v) is 7.02. The van der Waals surface area contributed by atoms with E-state index in [9.17, 15) is 9.59 Å². The van der Waals surface area contributed by atoms with Gasteiger partial charge in [-0.15, -0.1) is 0 Å². The van der Waals surface area contributed by atoms with E-state index >= 15 is 0 Å². The summed E-state index contributed by atoms with van der Waals surface area (Å²) in [6, 6.07) is 14.5. The van der Waals surface area contributed by atoms with Gasteiger partial charge in [-0.3, -0.25) is 9.59 Å². The van der Waals surface area contributed by atoms with E-state index in [0.29, 0.717) is 32.4 Å². The van der Waals surface area contributed by atoms with Crippen LogP contribution < -0.4 is 0 Å². The number of fused-ring (bicyclic) bond motifs is 1. The molecule has 0 radical (unpaired) electrons. The molecule has 2 aliphatic rings. The van der Waals surface area contributed by atoms with Crippen molar-refractivity contribution in [3.8, 4) is 0 Å². The average Bonchev–Trinajstić information content (AvgIpc) is 3.30.